The number of thioether (sulfide) groups is 1. The molecule has 0 radical (unpaired) electrons. The van der Waals surface area contributed by atoms with Crippen LogP contribution >= 0.6 is 11.8 Å². The van der Waals surface area contributed by atoms with Gasteiger partial charge in [0.25, 0.3) is 0 Å². The minimum absolute atomic E-state index is 0.0550. The van der Waals surface area contributed by atoms with Crippen LogP contribution in [0.2, 0.25) is 0 Å². The van der Waals surface area contributed by atoms with Crippen LogP contribution < -0.4 is 11.1 Å². The van der Waals surface area contributed by atoms with Gasteiger partial charge in [-0.05, 0) is 11.5 Å². The fourth-order valence-electron chi connectivity index (χ4n) is 1.84. The van der Waals surface area contributed by atoms with Gasteiger partial charge in [0.05, 0.1) is 13.2 Å². The average Bonchev–Trinajstić information content (AvgIpc) is 2.52. The largest absolute Gasteiger partial charge is 0.467 e. The van der Waals surface area contributed by atoms with E-state index in [1.54, 1.807) is 11.8 Å². The molecule has 1 aromatic rings. The second-order valence-corrected chi connectivity index (χ2v) is 6.39. The molecule has 0 aliphatic carbocycles. The molecule has 22 heavy (non-hydrogen) atoms. The van der Waals surface area contributed by atoms with E-state index < -0.39 is 18.1 Å². The second kappa shape index (κ2) is 9.48. The standard InChI is InChI=1S/C16H24N2O3S/c1-11(2)14(16(20)21-3)18-15(19)13(17)10-22-9-12-7-5-4-6-8-12/h4-8,11,13-14H,9-10,17H2,1-3H3,(H,18,19)/t13-,14-/m0/s1. The van der Waals surface area contributed by atoms with Crippen molar-refractivity contribution in [3.05, 3.63) is 35.9 Å². The molecule has 0 fully saturated rings. The molecular formula is C16H24N2O3S. The second-order valence-electron chi connectivity index (χ2n) is 5.36. The predicted molar refractivity (Wildman–Crippen MR) is 89.4 cm³/mol. The van der Waals surface area contributed by atoms with E-state index in [1.807, 2.05) is 44.2 Å². The van der Waals surface area contributed by atoms with Gasteiger partial charge in [0.1, 0.15) is 6.04 Å². The van der Waals surface area contributed by atoms with Gasteiger partial charge in [0, 0.05) is 11.5 Å². The Labute approximate surface area is 136 Å². The number of amides is 1. The highest BCUT2D eigenvalue weighted by Gasteiger charge is 2.26. The number of rotatable bonds is 8. The lowest BCUT2D eigenvalue weighted by Gasteiger charge is -2.21. The molecule has 3 N–H and O–H groups in total. The van der Waals surface area contributed by atoms with Gasteiger partial charge in [-0.25, -0.2) is 4.79 Å². The van der Waals surface area contributed by atoms with Crippen molar-refractivity contribution in [1.29, 1.82) is 0 Å². The molecule has 1 rings (SSSR count). The molecule has 0 aromatic heterocycles. The third-order valence-corrected chi connectivity index (χ3v) is 4.30. The average molecular weight is 324 g/mol. The monoisotopic (exact) mass is 324 g/mol. The van der Waals surface area contributed by atoms with E-state index in [-0.39, 0.29) is 11.8 Å². The highest BCUT2D eigenvalue weighted by atomic mass is 32.2. The Balaban J connectivity index is 2.42. The number of carbonyl (C=O) groups excluding carboxylic acids is 2. The molecule has 0 spiro atoms. The SMILES string of the molecule is COC(=O)[C@@H](NC(=O)[C@@H](N)CSCc1ccccc1)C(C)C. The summed E-state index contributed by atoms with van der Waals surface area (Å²) in [6.45, 7) is 3.69. The minimum Gasteiger partial charge on any atom is -0.467 e. The molecular weight excluding hydrogens is 300 g/mol. The molecule has 1 aromatic carbocycles. The van der Waals surface area contributed by atoms with E-state index in [0.29, 0.717) is 5.75 Å². The van der Waals surface area contributed by atoms with Gasteiger partial charge < -0.3 is 15.8 Å². The molecule has 0 bridgehead atoms. The lowest BCUT2D eigenvalue weighted by atomic mass is 10.0. The van der Waals surface area contributed by atoms with Crippen molar-refractivity contribution < 1.29 is 14.3 Å². The first-order valence-corrected chi connectivity index (χ1v) is 8.36. The van der Waals surface area contributed by atoms with E-state index in [1.165, 1.54) is 12.7 Å². The van der Waals surface area contributed by atoms with E-state index >= 15 is 0 Å². The molecule has 0 aliphatic heterocycles. The first kappa shape index (κ1) is 18.5. The van der Waals surface area contributed by atoms with Gasteiger partial charge in [-0.15, -0.1) is 0 Å². The van der Waals surface area contributed by atoms with Crippen molar-refractivity contribution in [3.63, 3.8) is 0 Å². The number of esters is 1. The highest BCUT2D eigenvalue weighted by molar-refractivity contribution is 7.98. The maximum Gasteiger partial charge on any atom is 0.328 e. The van der Waals surface area contributed by atoms with Crippen molar-refractivity contribution in [3.8, 4) is 0 Å². The van der Waals surface area contributed by atoms with Crippen LogP contribution in [0.1, 0.15) is 19.4 Å². The molecule has 5 nitrogen and oxygen atoms in total. The van der Waals surface area contributed by atoms with Crippen LogP contribution in [0, 0.1) is 5.92 Å². The molecule has 0 saturated heterocycles. The van der Waals surface area contributed by atoms with E-state index in [4.69, 9.17) is 10.5 Å². The molecule has 0 unspecified atom stereocenters. The van der Waals surface area contributed by atoms with Gasteiger partial charge >= 0.3 is 5.97 Å². The fourth-order valence-corrected chi connectivity index (χ4v) is 2.79. The summed E-state index contributed by atoms with van der Waals surface area (Å²) in [5.41, 5.74) is 7.08. The lowest BCUT2D eigenvalue weighted by Crippen LogP contribution is -2.51. The van der Waals surface area contributed by atoms with Crippen molar-refractivity contribution in [2.24, 2.45) is 11.7 Å². The molecule has 1 amide bonds. The number of nitrogens with two attached hydrogens (primary N) is 1. The molecule has 6 heteroatoms. The number of hydrogen-bond acceptors (Lipinski definition) is 5. The van der Waals surface area contributed by atoms with Crippen LogP contribution in [0.4, 0.5) is 0 Å². The third-order valence-electron chi connectivity index (χ3n) is 3.17. The highest BCUT2D eigenvalue weighted by Crippen LogP contribution is 2.12. The summed E-state index contributed by atoms with van der Waals surface area (Å²) in [7, 11) is 1.31. The number of carbonyl (C=O) groups is 2. The molecule has 2 atom stereocenters. The smallest absolute Gasteiger partial charge is 0.328 e. The number of methoxy groups -OCH3 is 1. The summed E-state index contributed by atoms with van der Waals surface area (Å²) in [4.78, 5) is 23.7. The topological polar surface area (TPSA) is 81.4 Å². The molecule has 122 valence electrons. The van der Waals surface area contributed by atoms with Crippen LogP contribution in [-0.2, 0) is 20.1 Å². The van der Waals surface area contributed by atoms with Crippen molar-refractivity contribution in [1.82, 2.24) is 5.32 Å². The lowest BCUT2D eigenvalue weighted by molar-refractivity contribution is -0.146. The Kier molecular flexibility index (Phi) is 7.98. The van der Waals surface area contributed by atoms with Crippen molar-refractivity contribution >= 4 is 23.6 Å². The van der Waals surface area contributed by atoms with Gasteiger partial charge in [-0.2, -0.15) is 11.8 Å². The Bertz CT molecular complexity index is 480. The summed E-state index contributed by atoms with van der Waals surface area (Å²) in [6, 6.07) is 8.67. The Morgan fingerprint density at radius 3 is 2.45 bits per heavy atom. The Morgan fingerprint density at radius 2 is 1.91 bits per heavy atom. The zero-order valence-corrected chi connectivity index (χ0v) is 14.1. The quantitative estimate of drug-likeness (QED) is 0.709. The number of hydrogen-bond donors (Lipinski definition) is 2. The zero-order valence-electron chi connectivity index (χ0n) is 13.2. The normalized spacial score (nSPS) is 13.5. The van der Waals surface area contributed by atoms with Crippen molar-refractivity contribution in [2.45, 2.75) is 31.7 Å². The number of nitrogens with one attached hydrogen (secondary N) is 1. The summed E-state index contributed by atoms with van der Waals surface area (Å²) >= 11 is 1.59. The van der Waals surface area contributed by atoms with Gasteiger partial charge in [-0.1, -0.05) is 44.2 Å². The zero-order chi connectivity index (χ0) is 16.5. The maximum atomic E-state index is 12.1. The van der Waals surface area contributed by atoms with E-state index in [0.717, 1.165) is 5.75 Å². The van der Waals surface area contributed by atoms with Gasteiger partial charge in [0.2, 0.25) is 5.91 Å². The van der Waals surface area contributed by atoms with E-state index in [2.05, 4.69) is 5.32 Å². The van der Waals surface area contributed by atoms with Crippen LogP contribution in [0.5, 0.6) is 0 Å². The Morgan fingerprint density at radius 1 is 1.27 bits per heavy atom. The predicted octanol–water partition coefficient (Wildman–Crippen LogP) is 1.56. The maximum absolute atomic E-state index is 12.1. The molecule has 0 saturated carbocycles. The van der Waals surface area contributed by atoms with Crippen LogP contribution in [0.15, 0.2) is 30.3 Å². The molecule has 0 heterocycles. The summed E-state index contributed by atoms with van der Waals surface area (Å²) in [5, 5.41) is 2.66. The van der Waals surface area contributed by atoms with Gasteiger partial charge in [0.15, 0.2) is 0 Å². The minimum atomic E-state index is -0.664. The van der Waals surface area contributed by atoms with Crippen LogP contribution in [0.3, 0.4) is 0 Å². The summed E-state index contributed by atoms with van der Waals surface area (Å²) in [5.74, 6) is 0.455. The third kappa shape index (κ3) is 6.07. The van der Waals surface area contributed by atoms with Crippen LogP contribution in [-0.4, -0.2) is 36.8 Å². The number of benzene rings is 1. The Hall–Kier alpha value is -1.53. The number of ether oxygens (including phenoxy) is 1. The van der Waals surface area contributed by atoms with E-state index in [9.17, 15) is 9.59 Å². The summed E-state index contributed by atoms with van der Waals surface area (Å²) < 4.78 is 4.69. The van der Waals surface area contributed by atoms with Crippen LogP contribution in [0.25, 0.3) is 0 Å². The molecule has 0 aliphatic rings. The first-order valence-electron chi connectivity index (χ1n) is 7.21. The first-order chi connectivity index (χ1) is 10.5. The van der Waals surface area contributed by atoms with Gasteiger partial charge in [-0.3, -0.25) is 4.79 Å². The van der Waals surface area contributed by atoms with Crippen molar-refractivity contribution in [2.75, 3.05) is 12.9 Å². The fraction of sp³-hybridized carbons (Fsp3) is 0.500. The summed E-state index contributed by atoms with van der Waals surface area (Å²) in [6.07, 6.45) is 0.